The molecule has 0 atom stereocenters. The highest BCUT2D eigenvalue weighted by Crippen LogP contribution is 2.35. The molecule has 0 aromatic heterocycles. The smallest absolute Gasteiger partial charge is 0.425 e. The second-order valence-electron chi connectivity index (χ2n) is 2.34. The Balaban J connectivity index is 3.12. The van der Waals surface area contributed by atoms with Crippen molar-refractivity contribution >= 4 is 12.4 Å². The van der Waals surface area contributed by atoms with Gasteiger partial charge in [-0.3, -0.25) is 0 Å². The molecule has 0 saturated heterocycles. The highest BCUT2D eigenvalue weighted by molar-refractivity contribution is 5.94. The normalized spacial score (nSPS) is 9.43. The van der Waals surface area contributed by atoms with Crippen molar-refractivity contribution in [2.75, 3.05) is 0 Å². The zero-order valence-electron chi connectivity index (χ0n) is 6.72. The third-order valence-corrected chi connectivity index (χ3v) is 1.44. The first-order valence-corrected chi connectivity index (χ1v) is 3.39. The predicted octanol–water partition coefficient (Wildman–Crippen LogP) is 0.0274. The van der Waals surface area contributed by atoms with Gasteiger partial charge in [0.15, 0.2) is 17.2 Å². The third-order valence-electron chi connectivity index (χ3n) is 1.44. The van der Waals surface area contributed by atoms with Gasteiger partial charge in [0.1, 0.15) is 0 Å². The summed E-state index contributed by atoms with van der Waals surface area (Å²) in [5.74, 6) is -3.23. The van der Waals surface area contributed by atoms with E-state index in [9.17, 15) is 9.59 Å². The number of benzene rings is 1. The topological polar surface area (TPSA) is 104 Å². The maximum atomic E-state index is 10.9. The van der Waals surface area contributed by atoms with Crippen LogP contribution in [0.1, 0.15) is 10.4 Å². The largest absolute Gasteiger partial charge is 0.504 e. The molecule has 0 fully saturated rings. The fourth-order valence-electron chi connectivity index (χ4n) is 0.819. The van der Waals surface area contributed by atoms with Gasteiger partial charge in [-0.15, -0.1) is 0 Å². The Labute approximate surface area is 78.0 Å². The number of carbonyl (C=O) groups is 1. The molecule has 0 aliphatic rings. The molecular weight excluding hydrogens is 192 g/mol. The average Bonchev–Trinajstić information content (AvgIpc) is 2.13. The van der Waals surface area contributed by atoms with E-state index in [2.05, 4.69) is 4.74 Å². The van der Waals surface area contributed by atoms with Crippen LogP contribution in [0.15, 0.2) is 12.1 Å². The molecule has 0 bridgehead atoms. The van der Waals surface area contributed by atoms with Gasteiger partial charge in [0, 0.05) is 0 Å². The number of aromatic hydroxyl groups is 3. The highest BCUT2D eigenvalue weighted by Gasteiger charge is 2.14. The lowest BCUT2D eigenvalue weighted by Gasteiger charge is -2.02. The summed E-state index contributed by atoms with van der Waals surface area (Å²) >= 11 is 0. The average molecular weight is 197 g/mol. The van der Waals surface area contributed by atoms with Gasteiger partial charge in [-0.05, 0) is 12.1 Å². The van der Waals surface area contributed by atoms with E-state index in [0.717, 1.165) is 18.6 Å². The van der Waals surface area contributed by atoms with Crippen molar-refractivity contribution in [2.45, 2.75) is 0 Å². The minimum absolute atomic E-state index is 0.277. The number of hydrogen-bond acceptors (Lipinski definition) is 6. The predicted molar refractivity (Wildman–Crippen MR) is 42.5 cm³/mol. The molecule has 0 heterocycles. The lowest BCUT2D eigenvalue weighted by molar-refractivity contribution is 0.0709. The van der Waals surface area contributed by atoms with Crippen LogP contribution in [0.25, 0.3) is 0 Å². The minimum Gasteiger partial charge on any atom is -0.504 e. The summed E-state index contributed by atoms with van der Waals surface area (Å²) in [4.78, 5) is 20.6. The Morgan fingerprint density at radius 3 is 2.14 bits per heavy atom. The molecule has 1 radical (unpaired) electrons. The van der Waals surface area contributed by atoms with Gasteiger partial charge < -0.3 is 20.1 Å². The van der Waals surface area contributed by atoms with Crippen LogP contribution in [0.3, 0.4) is 0 Å². The third kappa shape index (κ3) is 1.74. The molecule has 0 aliphatic heterocycles. The number of phenols is 3. The first-order valence-electron chi connectivity index (χ1n) is 3.39. The molecule has 3 N–H and O–H groups in total. The van der Waals surface area contributed by atoms with E-state index < -0.39 is 23.2 Å². The molecule has 0 spiro atoms. The highest BCUT2D eigenvalue weighted by atomic mass is 16.6. The van der Waals surface area contributed by atoms with Crippen LogP contribution in [0.5, 0.6) is 17.2 Å². The number of rotatable bonds is 2. The van der Waals surface area contributed by atoms with E-state index in [0.29, 0.717) is 0 Å². The van der Waals surface area contributed by atoms with Gasteiger partial charge in [0.25, 0.3) is 0 Å². The molecule has 1 aromatic rings. The molecule has 0 amide bonds. The number of carbonyl (C=O) groups excluding carboxylic acids is 2. The second-order valence-corrected chi connectivity index (χ2v) is 2.34. The molecule has 0 aliphatic carbocycles. The standard InChI is InChI=1S/C8H5O6/c9-3-14-8(13)4-1-5(10)7(12)6(11)2-4/h1-2,10-12H. The van der Waals surface area contributed by atoms with Gasteiger partial charge in [-0.1, -0.05) is 0 Å². The van der Waals surface area contributed by atoms with Gasteiger partial charge in [-0.2, -0.15) is 0 Å². The van der Waals surface area contributed by atoms with Crippen molar-refractivity contribution in [1.29, 1.82) is 0 Å². The van der Waals surface area contributed by atoms with E-state index in [-0.39, 0.29) is 5.56 Å². The number of ether oxygens (including phenoxy) is 1. The zero-order valence-corrected chi connectivity index (χ0v) is 6.72. The molecule has 1 rings (SSSR count). The summed E-state index contributed by atoms with van der Waals surface area (Å²) in [6.45, 7) is 0.894. The Kier molecular flexibility index (Phi) is 2.57. The fourth-order valence-corrected chi connectivity index (χ4v) is 0.819. The molecule has 73 valence electrons. The summed E-state index contributed by atoms with van der Waals surface area (Å²) in [6, 6.07) is 1.68. The molecule has 6 nitrogen and oxygen atoms in total. The van der Waals surface area contributed by atoms with Crippen LogP contribution in [0.4, 0.5) is 0 Å². The summed E-state index contributed by atoms with van der Waals surface area (Å²) in [5, 5.41) is 26.9. The Morgan fingerprint density at radius 2 is 1.71 bits per heavy atom. The lowest BCUT2D eigenvalue weighted by atomic mass is 10.2. The second kappa shape index (κ2) is 3.65. The Bertz CT molecular complexity index is 360. The van der Waals surface area contributed by atoms with Crippen molar-refractivity contribution in [1.82, 2.24) is 0 Å². The molecule has 14 heavy (non-hydrogen) atoms. The summed E-state index contributed by atoms with van der Waals surface area (Å²) in [6.07, 6.45) is 0. The lowest BCUT2D eigenvalue weighted by Crippen LogP contribution is -2.02. The SMILES string of the molecule is O=[C]OC(=O)c1cc(O)c(O)c(O)c1. The van der Waals surface area contributed by atoms with E-state index in [4.69, 9.17) is 15.3 Å². The van der Waals surface area contributed by atoms with Crippen LogP contribution < -0.4 is 0 Å². The minimum atomic E-state index is -1.09. The zero-order chi connectivity index (χ0) is 10.7. The van der Waals surface area contributed by atoms with Crippen molar-refractivity contribution in [3.8, 4) is 17.2 Å². The first kappa shape index (κ1) is 9.85. The maximum absolute atomic E-state index is 10.9. The fraction of sp³-hybridized carbons (Fsp3) is 0. The van der Waals surface area contributed by atoms with Crippen LogP contribution in [0.2, 0.25) is 0 Å². The van der Waals surface area contributed by atoms with Gasteiger partial charge in [0.2, 0.25) is 0 Å². The van der Waals surface area contributed by atoms with E-state index in [1.165, 1.54) is 0 Å². The van der Waals surface area contributed by atoms with Crippen LogP contribution in [-0.2, 0) is 9.53 Å². The summed E-state index contributed by atoms with van der Waals surface area (Å²) < 4.78 is 3.83. The van der Waals surface area contributed by atoms with Crippen molar-refractivity contribution in [2.24, 2.45) is 0 Å². The van der Waals surface area contributed by atoms with Crippen molar-refractivity contribution in [3.63, 3.8) is 0 Å². The Morgan fingerprint density at radius 1 is 1.21 bits per heavy atom. The first-order chi connectivity index (χ1) is 6.56. The molecule has 6 heteroatoms. The maximum Gasteiger partial charge on any atom is 0.425 e. The van der Waals surface area contributed by atoms with Crippen molar-refractivity contribution < 1.29 is 29.6 Å². The van der Waals surface area contributed by atoms with Crippen LogP contribution in [-0.4, -0.2) is 27.8 Å². The quantitative estimate of drug-likeness (QED) is 0.351. The van der Waals surface area contributed by atoms with E-state index >= 15 is 0 Å². The number of esters is 1. The molecule has 0 unspecified atom stereocenters. The molecule has 0 saturated carbocycles. The number of hydrogen-bond donors (Lipinski definition) is 3. The van der Waals surface area contributed by atoms with Gasteiger partial charge >= 0.3 is 12.4 Å². The van der Waals surface area contributed by atoms with Crippen LogP contribution in [0, 0.1) is 0 Å². The molecule has 1 aromatic carbocycles. The monoisotopic (exact) mass is 197 g/mol. The summed E-state index contributed by atoms with van der Waals surface area (Å²) in [7, 11) is 0. The van der Waals surface area contributed by atoms with Gasteiger partial charge in [-0.25, -0.2) is 9.59 Å². The van der Waals surface area contributed by atoms with E-state index in [1.807, 2.05) is 0 Å². The van der Waals surface area contributed by atoms with E-state index in [1.54, 1.807) is 0 Å². The Hall–Kier alpha value is -2.24. The number of phenolic OH excluding ortho intramolecular Hbond substituents is 3. The summed E-state index contributed by atoms with van der Waals surface area (Å²) in [5.41, 5.74) is -0.277. The van der Waals surface area contributed by atoms with Crippen LogP contribution >= 0.6 is 0 Å². The van der Waals surface area contributed by atoms with Crippen molar-refractivity contribution in [3.05, 3.63) is 17.7 Å². The van der Waals surface area contributed by atoms with Gasteiger partial charge in [0.05, 0.1) is 5.56 Å². The molecular formula is C8H5O6.